The first kappa shape index (κ1) is 11.6. The Bertz CT molecular complexity index is 328. The van der Waals surface area contributed by atoms with Gasteiger partial charge in [0.05, 0.1) is 25.0 Å². The number of nitrogens with two attached hydrogens (primary N) is 1. The van der Waals surface area contributed by atoms with Crippen molar-refractivity contribution in [2.75, 3.05) is 13.1 Å². The molecule has 2 N–H and O–H groups in total. The maximum atomic E-state index is 5.69. The second-order valence-electron chi connectivity index (χ2n) is 4.58. The number of morpholine rings is 1. The van der Waals surface area contributed by atoms with Crippen LogP contribution in [0.1, 0.15) is 25.2 Å². The van der Waals surface area contributed by atoms with Gasteiger partial charge in [-0.25, -0.2) is 0 Å². The van der Waals surface area contributed by atoms with E-state index < -0.39 is 0 Å². The highest BCUT2D eigenvalue weighted by molar-refractivity contribution is 5.12. The van der Waals surface area contributed by atoms with Gasteiger partial charge in [-0.2, -0.15) is 0 Å². The van der Waals surface area contributed by atoms with E-state index in [9.17, 15) is 0 Å². The number of furan rings is 1. The first-order valence-corrected chi connectivity index (χ1v) is 5.81. The molecule has 0 bridgehead atoms. The predicted octanol–water partition coefficient (Wildman–Crippen LogP) is 1.35. The predicted molar refractivity (Wildman–Crippen MR) is 61.9 cm³/mol. The van der Waals surface area contributed by atoms with Crippen LogP contribution in [0.3, 0.4) is 0 Å². The third kappa shape index (κ3) is 2.84. The summed E-state index contributed by atoms with van der Waals surface area (Å²) < 4.78 is 11.2. The Morgan fingerprint density at radius 3 is 2.62 bits per heavy atom. The van der Waals surface area contributed by atoms with Crippen LogP contribution in [0.2, 0.25) is 0 Å². The summed E-state index contributed by atoms with van der Waals surface area (Å²) in [6.45, 7) is 7.52. The molecule has 4 heteroatoms. The molecule has 0 aliphatic carbocycles. The first-order chi connectivity index (χ1) is 7.67. The maximum Gasteiger partial charge on any atom is 0.118 e. The summed E-state index contributed by atoms with van der Waals surface area (Å²) in [6, 6.07) is 2.03. The van der Waals surface area contributed by atoms with Crippen molar-refractivity contribution in [2.45, 2.75) is 39.1 Å². The molecular formula is C12H20N2O2. The molecule has 0 saturated carbocycles. The van der Waals surface area contributed by atoms with Gasteiger partial charge in [0.25, 0.3) is 0 Å². The van der Waals surface area contributed by atoms with Crippen LogP contribution >= 0.6 is 0 Å². The van der Waals surface area contributed by atoms with E-state index in [1.165, 1.54) is 0 Å². The largest absolute Gasteiger partial charge is 0.468 e. The Morgan fingerprint density at radius 2 is 2.06 bits per heavy atom. The van der Waals surface area contributed by atoms with Crippen LogP contribution in [0, 0.1) is 0 Å². The van der Waals surface area contributed by atoms with Crippen molar-refractivity contribution in [3.8, 4) is 0 Å². The number of rotatable bonds is 3. The highest BCUT2D eigenvalue weighted by atomic mass is 16.5. The molecular weight excluding hydrogens is 204 g/mol. The van der Waals surface area contributed by atoms with E-state index in [1.54, 1.807) is 6.26 Å². The molecule has 1 fully saturated rings. The van der Waals surface area contributed by atoms with Crippen molar-refractivity contribution in [2.24, 2.45) is 5.73 Å². The van der Waals surface area contributed by atoms with E-state index in [0.717, 1.165) is 31.0 Å². The Labute approximate surface area is 96.4 Å². The number of hydrogen-bond acceptors (Lipinski definition) is 4. The SMILES string of the molecule is C[C@@H]1CN(Cc2cc(CN)co2)C[C@H](C)O1. The molecule has 1 saturated heterocycles. The van der Waals surface area contributed by atoms with Gasteiger partial charge < -0.3 is 14.9 Å². The van der Waals surface area contributed by atoms with Gasteiger partial charge in [0, 0.05) is 25.2 Å². The van der Waals surface area contributed by atoms with E-state index in [4.69, 9.17) is 14.9 Å². The molecule has 1 aliphatic heterocycles. The lowest BCUT2D eigenvalue weighted by Gasteiger charge is -2.34. The summed E-state index contributed by atoms with van der Waals surface area (Å²) in [5, 5.41) is 0. The zero-order valence-corrected chi connectivity index (χ0v) is 9.98. The Balaban J connectivity index is 1.93. The maximum absolute atomic E-state index is 5.69. The first-order valence-electron chi connectivity index (χ1n) is 5.81. The molecule has 0 unspecified atom stereocenters. The van der Waals surface area contributed by atoms with Gasteiger partial charge in [0.1, 0.15) is 5.76 Å². The highest BCUT2D eigenvalue weighted by Crippen LogP contribution is 2.15. The fraction of sp³-hybridized carbons (Fsp3) is 0.667. The van der Waals surface area contributed by atoms with Crippen LogP contribution in [-0.2, 0) is 17.8 Å². The van der Waals surface area contributed by atoms with Gasteiger partial charge in [0.15, 0.2) is 0 Å². The van der Waals surface area contributed by atoms with E-state index in [2.05, 4.69) is 18.7 Å². The smallest absolute Gasteiger partial charge is 0.118 e. The van der Waals surface area contributed by atoms with Crippen LogP contribution in [0.25, 0.3) is 0 Å². The molecule has 0 spiro atoms. The lowest BCUT2D eigenvalue weighted by atomic mass is 10.2. The molecule has 2 heterocycles. The Morgan fingerprint density at radius 1 is 1.38 bits per heavy atom. The van der Waals surface area contributed by atoms with Crippen LogP contribution in [0.4, 0.5) is 0 Å². The van der Waals surface area contributed by atoms with Crippen LogP contribution in [0.5, 0.6) is 0 Å². The van der Waals surface area contributed by atoms with Crippen LogP contribution in [0.15, 0.2) is 16.7 Å². The minimum atomic E-state index is 0.299. The minimum Gasteiger partial charge on any atom is -0.468 e. The molecule has 4 nitrogen and oxygen atoms in total. The average Bonchev–Trinajstić information content (AvgIpc) is 2.64. The van der Waals surface area contributed by atoms with E-state index in [1.807, 2.05) is 6.07 Å². The Hall–Kier alpha value is -0.840. The lowest BCUT2D eigenvalue weighted by Crippen LogP contribution is -2.44. The van der Waals surface area contributed by atoms with Crippen molar-refractivity contribution in [3.05, 3.63) is 23.7 Å². The van der Waals surface area contributed by atoms with E-state index >= 15 is 0 Å². The monoisotopic (exact) mass is 224 g/mol. The van der Waals surface area contributed by atoms with Gasteiger partial charge in [-0.05, 0) is 19.9 Å². The van der Waals surface area contributed by atoms with Crippen LogP contribution < -0.4 is 5.73 Å². The highest BCUT2D eigenvalue weighted by Gasteiger charge is 2.22. The molecule has 0 amide bonds. The number of ether oxygens (including phenoxy) is 1. The molecule has 1 aliphatic rings. The number of hydrogen-bond donors (Lipinski definition) is 1. The van der Waals surface area contributed by atoms with Crippen molar-refractivity contribution < 1.29 is 9.15 Å². The minimum absolute atomic E-state index is 0.299. The van der Waals surface area contributed by atoms with Gasteiger partial charge in [0.2, 0.25) is 0 Å². The van der Waals surface area contributed by atoms with Crippen molar-refractivity contribution in [3.63, 3.8) is 0 Å². The molecule has 2 atom stereocenters. The quantitative estimate of drug-likeness (QED) is 0.842. The standard InChI is InChI=1S/C12H20N2O2/c1-9-5-14(6-10(2)16-9)7-12-3-11(4-13)8-15-12/h3,8-10H,4-7,13H2,1-2H3/t9-,10+. The van der Waals surface area contributed by atoms with Crippen LogP contribution in [-0.4, -0.2) is 30.2 Å². The van der Waals surface area contributed by atoms with E-state index in [0.29, 0.717) is 18.8 Å². The summed E-state index contributed by atoms with van der Waals surface area (Å²) in [5.74, 6) is 0.988. The molecule has 0 aromatic carbocycles. The van der Waals surface area contributed by atoms with E-state index in [-0.39, 0.29) is 0 Å². The van der Waals surface area contributed by atoms with Crippen molar-refractivity contribution in [1.82, 2.24) is 4.90 Å². The third-order valence-corrected chi connectivity index (χ3v) is 2.82. The van der Waals surface area contributed by atoms with Gasteiger partial charge >= 0.3 is 0 Å². The fourth-order valence-corrected chi connectivity index (χ4v) is 2.25. The van der Waals surface area contributed by atoms with Gasteiger partial charge in [-0.15, -0.1) is 0 Å². The molecule has 90 valence electrons. The van der Waals surface area contributed by atoms with Gasteiger partial charge in [-0.1, -0.05) is 0 Å². The topological polar surface area (TPSA) is 51.6 Å². The average molecular weight is 224 g/mol. The summed E-state index contributed by atoms with van der Waals surface area (Å²) in [6.07, 6.45) is 2.34. The summed E-state index contributed by atoms with van der Waals surface area (Å²) in [5.41, 5.74) is 6.61. The molecule has 1 aromatic rings. The van der Waals surface area contributed by atoms with Gasteiger partial charge in [-0.3, -0.25) is 4.90 Å². The summed E-state index contributed by atoms with van der Waals surface area (Å²) in [7, 11) is 0. The second kappa shape index (κ2) is 4.99. The third-order valence-electron chi connectivity index (χ3n) is 2.82. The lowest BCUT2D eigenvalue weighted by molar-refractivity contribution is -0.0718. The normalized spacial score (nSPS) is 27.2. The second-order valence-corrected chi connectivity index (χ2v) is 4.58. The Kier molecular flexibility index (Phi) is 3.63. The number of nitrogens with zero attached hydrogens (tertiary/aromatic N) is 1. The van der Waals surface area contributed by atoms with Crippen molar-refractivity contribution in [1.29, 1.82) is 0 Å². The molecule has 16 heavy (non-hydrogen) atoms. The molecule has 2 rings (SSSR count). The molecule has 0 radical (unpaired) electrons. The summed E-state index contributed by atoms with van der Waals surface area (Å²) in [4.78, 5) is 2.36. The fourth-order valence-electron chi connectivity index (χ4n) is 2.25. The summed E-state index contributed by atoms with van der Waals surface area (Å²) >= 11 is 0. The van der Waals surface area contributed by atoms with Crippen molar-refractivity contribution >= 4 is 0 Å². The zero-order valence-electron chi connectivity index (χ0n) is 9.98. The molecule has 1 aromatic heterocycles. The zero-order chi connectivity index (χ0) is 11.5.